The summed E-state index contributed by atoms with van der Waals surface area (Å²) in [6.07, 6.45) is 3.89. The lowest BCUT2D eigenvalue weighted by Crippen LogP contribution is -2.37. The SMILES string of the molecule is N[C@H](Cc1ccccc1Cl)C(=O)Nc1ccc(-c2ccncc2)cc1. The van der Waals surface area contributed by atoms with Gasteiger partial charge in [0.15, 0.2) is 0 Å². The van der Waals surface area contributed by atoms with Crippen LogP contribution in [-0.2, 0) is 11.2 Å². The van der Waals surface area contributed by atoms with E-state index in [4.69, 9.17) is 17.3 Å². The molecule has 5 heteroatoms. The fourth-order valence-electron chi connectivity index (χ4n) is 2.52. The smallest absolute Gasteiger partial charge is 0.241 e. The molecule has 0 saturated carbocycles. The number of hydrogen-bond donors (Lipinski definition) is 2. The second-order valence-electron chi connectivity index (χ2n) is 5.70. The number of nitrogens with zero attached hydrogens (tertiary/aromatic N) is 1. The number of anilines is 1. The van der Waals surface area contributed by atoms with Crippen LogP contribution in [-0.4, -0.2) is 16.9 Å². The Morgan fingerprint density at radius 3 is 2.32 bits per heavy atom. The Morgan fingerprint density at radius 2 is 1.64 bits per heavy atom. The van der Waals surface area contributed by atoms with Crippen LogP contribution in [0.4, 0.5) is 5.69 Å². The molecule has 0 bridgehead atoms. The van der Waals surface area contributed by atoms with Crippen LogP contribution < -0.4 is 11.1 Å². The van der Waals surface area contributed by atoms with Gasteiger partial charge in [0.25, 0.3) is 0 Å². The van der Waals surface area contributed by atoms with Crippen LogP contribution >= 0.6 is 11.6 Å². The lowest BCUT2D eigenvalue weighted by Gasteiger charge is -2.13. The highest BCUT2D eigenvalue weighted by Crippen LogP contribution is 2.21. The summed E-state index contributed by atoms with van der Waals surface area (Å²) >= 11 is 6.12. The third kappa shape index (κ3) is 4.44. The number of pyridine rings is 1. The van der Waals surface area contributed by atoms with Crippen LogP contribution in [0.3, 0.4) is 0 Å². The van der Waals surface area contributed by atoms with Gasteiger partial charge in [-0.3, -0.25) is 9.78 Å². The summed E-state index contributed by atoms with van der Waals surface area (Å²) in [5.74, 6) is -0.239. The zero-order chi connectivity index (χ0) is 17.6. The first-order valence-electron chi connectivity index (χ1n) is 7.94. The van der Waals surface area contributed by atoms with Crippen molar-refractivity contribution >= 4 is 23.2 Å². The Bertz CT molecular complexity index is 850. The highest BCUT2D eigenvalue weighted by atomic mass is 35.5. The maximum absolute atomic E-state index is 12.3. The molecule has 0 aliphatic rings. The normalized spacial score (nSPS) is 11.8. The van der Waals surface area contributed by atoms with Crippen LogP contribution in [0, 0.1) is 0 Å². The molecule has 25 heavy (non-hydrogen) atoms. The van der Waals surface area contributed by atoms with Gasteiger partial charge in [-0.05, 0) is 53.4 Å². The molecular formula is C20H18ClN3O. The molecule has 0 fully saturated rings. The summed E-state index contributed by atoms with van der Waals surface area (Å²) in [6, 6.07) is 18.2. The zero-order valence-corrected chi connectivity index (χ0v) is 14.3. The number of nitrogens with two attached hydrogens (primary N) is 1. The van der Waals surface area contributed by atoms with E-state index in [-0.39, 0.29) is 5.91 Å². The first-order valence-corrected chi connectivity index (χ1v) is 8.31. The van der Waals surface area contributed by atoms with Crippen LogP contribution in [0.2, 0.25) is 5.02 Å². The molecule has 0 radical (unpaired) electrons. The van der Waals surface area contributed by atoms with E-state index in [1.807, 2.05) is 54.6 Å². The largest absolute Gasteiger partial charge is 0.325 e. The topological polar surface area (TPSA) is 68.0 Å². The van der Waals surface area contributed by atoms with Crippen molar-refractivity contribution < 1.29 is 4.79 Å². The molecule has 0 spiro atoms. The van der Waals surface area contributed by atoms with Gasteiger partial charge in [0, 0.05) is 23.1 Å². The minimum absolute atomic E-state index is 0.239. The summed E-state index contributed by atoms with van der Waals surface area (Å²) < 4.78 is 0. The third-order valence-electron chi connectivity index (χ3n) is 3.90. The van der Waals surface area contributed by atoms with Crippen molar-refractivity contribution in [2.75, 3.05) is 5.32 Å². The second-order valence-corrected chi connectivity index (χ2v) is 6.11. The van der Waals surface area contributed by atoms with Gasteiger partial charge in [-0.1, -0.05) is 41.9 Å². The van der Waals surface area contributed by atoms with Crippen LogP contribution in [0.25, 0.3) is 11.1 Å². The van der Waals surface area contributed by atoms with Gasteiger partial charge in [0.05, 0.1) is 6.04 Å². The van der Waals surface area contributed by atoms with E-state index in [2.05, 4.69) is 10.3 Å². The molecule has 1 heterocycles. The molecule has 0 aliphatic carbocycles. The molecule has 1 atom stereocenters. The molecule has 4 nitrogen and oxygen atoms in total. The summed E-state index contributed by atoms with van der Waals surface area (Å²) in [7, 11) is 0. The number of halogens is 1. The Labute approximate surface area is 151 Å². The number of amides is 1. The molecule has 0 unspecified atom stereocenters. The Morgan fingerprint density at radius 1 is 1.00 bits per heavy atom. The molecule has 3 aromatic rings. The second kappa shape index (κ2) is 7.92. The standard InChI is InChI=1S/C20H18ClN3O/c21-18-4-2-1-3-16(18)13-19(22)20(25)24-17-7-5-14(6-8-17)15-9-11-23-12-10-15/h1-12,19H,13,22H2,(H,24,25)/t19-/m1/s1. The summed E-state index contributed by atoms with van der Waals surface area (Å²) in [4.78, 5) is 16.3. The van der Waals surface area contributed by atoms with Crippen LogP contribution in [0.15, 0.2) is 73.1 Å². The van der Waals surface area contributed by atoms with Crippen molar-refractivity contribution in [3.63, 3.8) is 0 Å². The third-order valence-corrected chi connectivity index (χ3v) is 4.27. The monoisotopic (exact) mass is 351 g/mol. The molecule has 2 aromatic carbocycles. The number of nitrogens with one attached hydrogen (secondary N) is 1. The van der Waals surface area contributed by atoms with Gasteiger partial charge in [-0.2, -0.15) is 0 Å². The molecule has 1 aromatic heterocycles. The maximum Gasteiger partial charge on any atom is 0.241 e. The molecule has 3 rings (SSSR count). The molecule has 0 saturated heterocycles. The average Bonchev–Trinajstić information content (AvgIpc) is 2.65. The predicted molar refractivity (Wildman–Crippen MR) is 101 cm³/mol. The van der Waals surface area contributed by atoms with E-state index >= 15 is 0 Å². The van der Waals surface area contributed by atoms with E-state index in [0.29, 0.717) is 17.1 Å². The number of rotatable bonds is 5. The minimum atomic E-state index is -0.667. The highest BCUT2D eigenvalue weighted by Gasteiger charge is 2.15. The first kappa shape index (κ1) is 17.1. The van der Waals surface area contributed by atoms with Crippen molar-refractivity contribution in [2.24, 2.45) is 5.73 Å². The van der Waals surface area contributed by atoms with Crippen molar-refractivity contribution in [1.29, 1.82) is 0 Å². The molecule has 126 valence electrons. The van der Waals surface area contributed by atoms with Gasteiger partial charge in [-0.15, -0.1) is 0 Å². The summed E-state index contributed by atoms with van der Waals surface area (Å²) in [5.41, 5.74) is 9.70. The number of aromatic nitrogens is 1. The van der Waals surface area contributed by atoms with Crippen molar-refractivity contribution in [3.05, 3.63) is 83.6 Å². The zero-order valence-electron chi connectivity index (χ0n) is 13.5. The van der Waals surface area contributed by atoms with E-state index in [1.54, 1.807) is 18.5 Å². The quantitative estimate of drug-likeness (QED) is 0.732. The van der Waals surface area contributed by atoms with Gasteiger partial charge < -0.3 is 11.1 Å². The number of carbonyl (C=O) groups is 1. The Hall–Kier alpha value is -2.69. The van der Waals surface area contributed by atoms with Gasteiger partial charge in [0.2, 0.25) is 5.91 Å². The summed E-state index contributed by atoms with van der Waals surface area (Å²) in [5, 5.41) is 3.46. The molecule has 3 N–H and O–H groups in total. The molecular weight excluding hydrogens is 334 g/mol. The average molecular weight is 352 g/mol. The fourth-order valence-corrected chi connectivity index (χ4v) is 2.73. The predicted octanol–water partition coefficient (Wildman–Crippen LogP) is 3.91. The number of benzene rings is 2. The van der Waals surface area contributed by atoms with Gasteiger partial charge in [0.1, 0.15) is 0 Å². The van der Waals surface area contributed by atoms with Crippen molar-refractivity contribution in [2.45, 2.75) is 12.5 Å². The Kier molecular flexibility index (Phi) is 5.43. The Balaban J connectivity index is 1.63. The summed E-state index contributed by atoms with van der Waals surface area (Å²) in [6.45, 7) is 0. The van der Waals surface area contributed by atoms with E-state index in [0.717, 1.165) is 16.7 Å². The first-order chi connectivity index (χ1) is 12.1. The molecule has 0 aliphatic heterocycles. The lowest BCUT2D eigenvalue weighted by atomic mass is 10.1. The van der Waals surface area contributed by atoms with Gasteiger partial charge in [-0.25, -0.2) is 0 Å². The van der Waals surface area contributed by atoms with E-state index in [9.17, 15) is 4.79 Å². The van der Waals surface area contributed by atoms with Crippen molar-refractivity contribution in [1.82, 2.24) is 4.98 Å². The number of carbonyl (C=O) groups excluding carboxylic acids is 1. The highest BCUT2D eigenvalue weighted by molar-refractivity contribution is 6.31. The maximum atomic E-state index is 12.3. The van der Waals surface area contributed by atoms with Gasteiger partial charge >= 0.3 is 0 Å². The number of hydrogen-bond acceptors (Lipinski definition) is 3. The molecule has 1 amide bonds. The van der Waals surface area contributed by atoms with Crippen LogP contribution in [0.1, 0.15) is 5.56 Å². The van der Waals surface area contributed by atoms with E-state index < -0.39 is 6.04 Å². The van der Waals surface area contributed by atoms with Crippen LogP contribution in [0.5, 0.6) is 0 Å². The fraction of sp³-hybridized carbons (Fsp3) is 0.100. The lowest BCUT2D eigenvalue weighted by molar-refractivity contribution is -0.117. The van der Waals surface area contributed by atoms with Crippen molar-refractivity contribution in [3.8, 4) is 11.1 Å². The van der Waals surface area contributed by atoms with E-state index in [1.165, 1.54) is 0 Å². The minimum Gasteiger partial charge on any atom is -0.325 e.